The van der Waals surface area contributed by atoms with Crippen LogP contribution in [0, 0.1) is 6.92 Å². The second-order valence-corrected chi connectivity index (χ2v) is 8.41. The van der Waals surface area contributed by atoms with Gasteiger partial charge in [-0.2, -0.15) is 0 Å². The van der Waals surface area contributed by atoms with Gasteiger partial charge < -0.3 is 10.2 Å². The standard InChI is InChI=1S/C25H29N3O2/c1-17(2)28-24(29)22(19-9-7-18(3)8-10-19)23(25(28)30)26-20-11-13-21(14-12-20)27-15-5-4-6-16-27/h7-14,17,26H,4-6,15-16H2,1-3H3. The molecule has 1 saturated heterocycles. The zero-order valence-electron chi connectivity index (χ0n) is 17.9. The Balaban J connectivity index is 1.65. The van der Waals surface area contributed by atoms with Crippen LogP contribution in [-0.4, -0.2) is 35.8 Å². The molecule has 0 spiro atoms. The van der Waals surface area contributed by atoms with Gasteiger partial charge in [-0.3, -0.25) is 14.5 Å². The van der Waals surface area contributed by atoms with Gasteiger partial charge >= 0.3 is 0 Å². The molecule has 30 heavy (non-hydrogen) atoms. The number of nitrogens with zero attached hydrogens (tertiary/aromatic N) is 2. The molecule has 1 fully saturated rings. The van der Waals surface area contributed by atoms with Gasteiger partial charge in [-0.25, -0.2) is 0 Å². The van der Waals surface area contributed by atoms with Crippen LogP contribution in [0.3, 0.4) is 0 Å². The fourth-order valence-corrected chi connectivity index (χ4v) is 4.17. The average molecular weight is 404 g/mol. The Kier molecular flexibility index (Phi) is 5.62. The minimum Gasteiger partial charge on any atom is -0.372 e. The Morgan fingerprint density at radius 1 is 0.833 bits per heavy atom. The van der Waals surface area contributed by atoms with Crippen LogP contribution in [0.5, 0.6) is 0 Å². The van der Waals surface area contributed by atoms with Gasteiger partial charge in [0.25, 0.3) is 11.8 Å². The molecule has 5 nitrogen and oxygen atoms in total. The number of anilines is 2. The van der Waals surface area contributed by atoms with Gasteiger partial charge in [-0.1, -0.05) is 29.8 Å². The highest BCUT2D eigenvalue weighted by Gasteiger charge is 2.40. The normalized spacial score (nSPS) is 17.3. The topological polar surface area (TPSA) is 52.7 Å². The van der Waals surface area contributed by atoms with E-state index in [4.69, 9.17) is 0 Å². The van der Waals surface area contributed by atoms with Crippen LogP contribution in [-0.2, 0) is 9.59 Å². The first kappa shape index (κ1) is 20.2. The first-order valence-electron chi connectivity index (χ1n) is 10.8. The maximum Gasteiger partial charge on any atom is 0.278 e. The summed E-state index contributed by atoms with van der Waals surface area (Å²) in [5.74, 6) is -0.517. The van der Waals surface area contributed by atoms with Crippen molar-refractivity contribution in [3.05, 3.63) is 65.4 Å². The lowest BCUT2D eigenvalue weighted by atomic mass is 10.0. The van der Waals surface area contributed by atoms with E-state index in [0.717, 1.165) is 29.9 Å². The Labute approximate surface area is 178 Å². The van der Waals surface area contributed by atoms with Crippen LogP contribution < -0.4 is 10.2 Å². The quantitative estimate of drug-likeness (QED) is 0.742. The molecule has 4 rings (SSSR count). The zero-order valence-corrected chi connectivity index (χ0v) is 17.9. The molecule has 1 N–H and O–H groups in total. The predicted octanol–water partition coefficient (Wildman–Crippen LogP) is 4.59. The molecule has 156 valence electrons. The second kappa shape index (κ2) is 8.34. The maximum absolute atomic E-state index is 13.1. The molecule has 0 aromatic heterocycles. The summed E-state index contributed by atoms with van der Waals surface area (Å²) in [5, 5.41) is 3.25. The number of hydrogen-bond acceptors (Lipinski definition) is 4. The third kappa shape index (κ3) is 3.84. The van der Waals surface area contributed by atoms with E-state index in [1.54, 1.807) is 0 Å². The van der Waals surface area contributed by atoms with E-state index >= 15 is 0 Å². The van der Waals surface area contributed by atoms with Gasteiger partial charge in [0, 0.05) is 30.5 Å². The molecule has 0 radical (unpaired) electrons. The first-order valence-corrected chi connectivity index (χ1v) is 10.8. The van der Waals surface area contributed by atoms with Crippen molar-refractivity contribution in [1.82, 2.24) is 4.90 Å². The Hall–Kier alpha value is -3.08. The molecule has 2 aliphatic rings. The summed E-state index contributed by atoms with van der Waals surface area (Å²) in [5.41, 5.74) is 4.67. The lowest BCUT2D eigenvalue weighted by molar-refractivity contribution is -0.138. The second-order valence-electron chi connectivity index (χ2n) is 8.41. The molecule has 0 bridgehead atoms. The van der Waals surface area contributed by atoms with Crippen LogP contribution >= 0.6 is 0 Å². The van der Waals surface area contributed by atoms with Crippen molar-refractivity contribution in [2.45, 2.75) is 46.1 Å². The summed E-state index contributed by atoms with van der Waals surface area (Å²) in [7, 11) is 0. The monoisotopic (exact) mass is 403 g/mol. The minimum absolute atomic E-state index is 0.203. The van der Waals surface area contributed by atoms with E-state index in [-0.39, 0.29) is 17.9 Å². The number of carbonyl (C=O) groups excluding carboxylic acids is 2. The van der Waals surface area contributed by atoms with Crippen molar-refractivity contribution in [3.63, 3.8) is 0 Å². The van der Waals surface area contributed by atoms with Crippen LogP contribution in [0.25, 0.3) is 5.57 Å². The average Bonchev–Trinajstić information content (AvgIpc) is 2.99. The van der Waals surface area contributed by atoms with E-state index in [1.807, 2.05) is 57.2 Å². The molecule has 2 aromatic carbocycles. The van der Waals surface area contributed by atoms with Crippen molar-refractivity contribution >= 4 is 28.8 Å². The lowest BCUT2D eigenvalue weighted by Gasteiger charge is -2.28. The fraction of sp³-hybridized carbons (Fsp3) is 0.360. The summed E-state index contributed by atoms with van der Waals surface area (Å²) in [6, 6.07) is 15.7. The Morgan fingerprint density at radius 2 is 1.47 bits per heavy atom. The SMILES string of the molecule is Cc1ccc(C2=C(Nc3ccc(N4CCCCC4)cc3)C(=O)N(C(C)C)C2=O)cc1. The summed E-state index contributed by atoms with van der Waals surface area (Å²) in [4.78, 5) is 29.9. The van der Waals surface area contributed by atoms with E-state index in [9.17, 15) is 9.59 Å². The number of rotatable bonds is 5. The number of amides is 2. The van der Waals surface area contributed by atoms with Crippen LogP contribution in [0.15, 0.2) is 54.2 Å². The number of imide groups is 1. The molecule has 0 atom stereocenters. The summed E-state index contributed by atoms with van der Waals surface area (Å²) in [6.07, 6.45) is 3.76. The number of nitrogens with one attached hydrogen (secondary N) is 1. The van der Waals surface area contributed by atoms with Crippen molar-refractivity contribution in [3.8, 4) is 0 Å². The third-order valence-corrected chi connectivity index (χ3v) is 5.83. The van der Waals surface area contributed by atoms with Crippen LogP contribution in [0.4, 0.5) is 11.4 Å². The minimum atomic E-state index is -0.273. The zero-order chi connectivity index (χ0) is 21.3. The number of piperidine rings is 1. The maximum atomic E-state index is 13.1. The van der Waals surface area contributed by atoms with Gasteiger partial charge in [0.1, 0.15) is 5.70 Å². The lowest BCUT2D eigenvalue weighted by Crippen LogP contribution is -2.38. The summed E-state index contributed by atoms with van der Waals surface area (Å²) < 4.78 is 0. The van der Waals surface area contributed by atoms with E-state index in [2.05, 4.69) is 22.3 Å². The molecule has 0 unspecified atom stereocenters. The van der Waals surface area contributed by atoms with Gasteiger partial charge in [-0.15, -0.1) is 0 Å². The molecule has 5 heteroatoms. The van der Waals surface area contributed by atoms with Crippen molar-refractivity contribution in [2.75, 3.05) is 23.3 Å². The molecular weight excluding hydrogens is 374 g/mol. The highest BCUT2D eigenvalue weighted by Crippen LogP contribution is 2.32. The predicted molar refractivity (Wildman–Crippen MR) is 121 cm³/mol. The van der Waals surface area contributed by atoms with Crippen molar-refractivity contribution in [2.24, 2.45) is 0 Å². The number of benzene rings is 2. The van der Waals surface area contributed by atoms with Crippen molar-refractivity contribution in [1.29, 1.82) is 0 Å². The Bertz CT molecular complexity index is 968. The smallest absolute Gasteiger partial charge is 0.278 e. The Morgan fingerprint density at radius 3 is 2.07 bits per heavy atom. The number of carbonyl (C=O) groups is 2. The van der Waals surface area contributed by atoms with Crippen LogP contribution in [0.1, 0.15) is 44.2 Å². The molecular formula is C25H29N3O2. The molecule has 2 aromatic rings. The molecule has 2 heterocycles. The van der Waals surface area contributed by atoms with E-state index < -0.39 is 0 Å². The largest absolute Gasteiger partial charge is 0.372 e. The van der Waals surface area contributed by atoms with Gasteiger partial charge in [0.05, 0.1) is 5.57 Å². The first-order chi connectivity index (χ1) is 14.5. The fourth-order valence-electron chi connectivity index (χ4n) is 4.17. The van der Waals surface area contributed by atoms with E-state index in [1.165, 1.54) is 29.8 Å². The number of hydrogen-bond donors (Lipinski definition) is 1. The molecule has 0 aliphatic carbocycles. The van der Waals surface area contributed by atoms with Gasteiger partial charge in [0.15, 0.2) is 0 Å². The van der Waals surface area contributed by atoms with Crippen LogP contribution in [0.2, 0.25) is 0 Å². The highest BCUT2D eigenvalue weighted by atomic mass is 16.2. The summed E-state index contributed by atoms with van der Waals surface area (Å²) in [6.45, 7) is 7.90. The number of aryl methyl sites for hydroxylation is 1. The third-order valence-electron chi connectivity index (χ3n) is 5.83. The highest BCUT2D eigenvalue weighted by molar-refractivity contribution is 6.36. The van der Waals surface area contributed by atoms with E-state index in [0.29, 0.717) is 11.3 Å². The molecule has 2 amide bonds. The molecule has 0 saturated carbocycles. The summed E-state index contributed by atoms with van der Waals surface area (Å²) >= 11 is 0. The molecule has 2 aliphatic heterocycles. The van der Waals surface area contributed by atoms with Gasteiger partial charge in [0.2, 0.25) is 0 Å². The van der Waals surface area contributed by atoms with Crippen molar-refractivity contribution < 1.29 is 9.59 Å². The van der Waals surface area contributed by atoms with Gasteiger partial charge in [-0.05, 0) is 69.9 Å².